The Kier molecular flexibility index (Phi) is 10.7. The molecule has 45 heavy (non-hydrogen) atoms. The van der Waals surface area contributed by atoms with Crippen molar-refractivity contribution >= 4 is 41.1 Å². The van der Waals surface area contributed by atoms with Crippen molar-refractivity contribution in [1.82, 2.24) is 5.32 Å². The molecule has 0 bridgehead atoms. The molecule has 5 atom stereocenters. The largest absolute Gasteiger partial charge is 0.492 e. The molecule has 1 N–H and O–H groups in total. The summed E-state index contributed by atoms with van der Waals surface area (Å²) in [6, 6.07) is 13.3. The van der Waals surface area contributed by atoms with E-state index >= 15 is 0 Å². The molecule has 1 fully saturated rings. The maximum absolute atomic E-state index is 13.6. The Balaban J connectivity index is 1.61. The Bertz CT molecular complexity index is 1480. The van der Waals surface area contributed by atoms with Crippen LogP contribution in [-0.2, 0) is 47.8 Å². The minimum Gasteiger partial charge on any atom is -0.492 e. The van der Waals surface area contributed by atoms with Gasteiger partial charge in [-0.25, -0.2) is 0 Å². The van der Waals surface area contributed by atoms with Crippen LogP contribution < -0.4 is 15.0 Å². The molecule has 14 nitrogen and oxygen atoms in total. The van der Waals surface area contributed by atoms with Gasteiger partial charge in [-0.1, -0.05) is 35.5 Å². The van der Waals surface area contributed by atoms with Crippen LogP contribution in [0.15, 0.2) is 53.7 Å². The number of benzene rings is 2. The van der Waals surface area contributed by atoms with Crippen molar-refractivity contribution < 1.29 is 52.5 Å². The molecule has 2 aromatic carbocycles. The summed E-state index contributed by atoms with van der Waals surface area (Å²) in [5.41, 5.74) is 2.06. The molecule has 0 unspecified atom stereocenters. The van der Waals surface area contributed by atoms with Gasteiger partial charge in [0.15, 0.2) is 17.9 Å². The first kappa shape index (κ1) is 32.9. The predicted molar refractivity (Wildman–Crippen MR) is 157 cm³/mol. The molecule has 2 amide bonds. The number of hydrogen-bond donors (Lipinski definition) is 1. The second-order valence-electron chi connectivity index (χ2n) is 10.4. The average molecular weight is 626 g/mol. The van der Waals surface area contributed by atoms with Gasteiger partial charge >= 0.3 is 17.9 Å². The molecule has 4 rings (SSSR count). The monoisotopic (exact) mass is 625 g/mol. The van der Waals surface area contributed by atoms with Crippen molar-refractivity contribution in [1.29, 1.82) is 0 Å². The third-order valence-corrected chi connectivity index (χ3v) is 6.79. The highest BCUT2D eigenvalue weighted by Gasteiger charge is 2.52. The topological polar surface area (TPSA) is 168 Å². The van der Waals surface area contributed by atoms with Crippen LogP contribution in [0.4, 0.5) is 5.69 Å². The van der Waals surface area contributed by atoms with Crippen molar-refractivity contribution in [2.75, 3.05) is 24.7 Å². The Morgan fingerprint density at radius 2 is 1.64 bits per heavy atom. The standard InChI is InChI=1S/C31H35N3O11/c1-17-9-8-10-22(15-17)40-14-13-34-24-12-7-6-11-23(24)26(30(34)39)33-45-31-27(32-18(2)35)29(43-21(5)38)28(42-20(4)37)25(44-31)16-41-19(3)36/h6-12,15,25,27-29,31H,13-14,16H2,1-5H3,(H,32,35)/b33-26+/t25-,27-,28-,29-,31+/m1/s1. The minimum absolute atomic E-state index is 0.0472. The van der Waals surface area contributed by atoms with Crippen LogP contribution in [0.25, 0.3) is 0 Å². The van der Waals surface area contributed by atoms with E-state index in [-0.39, 0.29) is 18.9 Å². The number of rotatable bonds is 11. The molecule has 2 aromatic rings. The highest BCUT2D eigenvalue weighted by atomic mass is 16.8. The molecule has 1 saturated heterocycles. The Morgan fingerprint density at radius 3 is 2.31 bits per heavy atom. The Labute approximate surface area is 259 Å². The molecule has 2 aliphatic heterocycles. The van der Waals surface area contributed by atoms with Crippen LogP contribution >= 0.6 is 0 Å². The van der Waals surface area contributed by atoms with E-state index in [4.69, 9.17) is 28.5 Å². The molecule has 240 valence electrons. The molecule has 0 aliphatic carbocycles. The second-order valence-corrected chi connectivity index (χ2v) is 10.4. The number of ether oxygens (including phenoxy) is 5. The highest BCUT2D eigenvalue weighted by Crippen LogP contribution is 2.31. The highest BCUT2D eigenvalue weighted by molar-refractivity contribution is 6.54. The summed E-state index contributed by atoms with van der Waals surface area (Å²) in [5, 5.41) is 6.73. The molecule has 0 radical (unpaired) electrons. The maximum Gasteiger partial charge on any atom is 0.303 e. The van der Waals surface area contributed by atoms with Gasteiger partial charge in [0.1, 0.15) is 31.1 Å². The van der Waals surface area contributed by atoms with E-state index in [0.717, 1.165) is 19.4 Å². The number of carbonyl (C=O) groups excluding carboxylic acids is 5. The summed E-state index contributed by atoms with van der Waals surface area (Å²) in [6.07, 6.45) is -5.31. The van der Waals surface area contributed by atoms with Gasteiger partial charge in [0, 0.05) is 33.3 Å². The molecular formula is C31H35N3O11. The number of nitrogens with one attached hydrogen (secondary N) is 1. The van der Waals surface area contributed by atoms with Crippen molar-refractivity contribution in [3.63, 3.8) is 0 Å². The number of oxime groups is 1. The zero-order valence-corrected chi connectivity index (χ0v) is 25.5. The maximum atomic E-state index is 13.6. The molecule has 2 heterocycles. The number of fused-ring (bicyclic) bond motifs is 1. The van der Waals surface area contributed by atoms with Crippen LogP contribution in [0, 0.1) is 6.92 Å². The van der Waals surface area contributed by atoms with E-state index in [0.29, 0.717) is 17.0 Å². The summed E-state index contributed by atoms with van der Waals surface area (Å²) >= 11 is 0. The molecule has 14 heteroatoms. The second kappa shape index (κ2) is 14.7. The summed E-state index contributed by atoms with van der Waals surface area (Å²) in [6.45, 7) is 6.61. The molecule has 0 saturated carbocycles. The molecular weight excluding hydrogens is 590 g/mol. The van der Waals surface area contributed by atoms with E-state index < -0.39 is 67.0 Å². The first-order valence-electron chi connectivity index (χ1n) is 14.2. The van der Waals surface area contributed by atoms with E-state index in [1.54, 1.807) is 24.3 Å². The normalized spacial score (nSPS) is 23.1. The quantitative estimate of drug-likeness (QED) is 0.220. The van der Waals surface area contributed by atoms with Crippen LogP contribution in [0.1, 0.15) is 38.8 Å². The average Bonchev–Trinajstić information content (AvgIpc) is 3.23. The van der Waals surface area contributed by atoms with Gasteiger partial charge in [-0.2, -0.15) is 0 Å². The summed E-state index contributed by atoms with van der Waals surface area (Å²) in [5.74, 6) is -2.50. The van der Waals surface area contributed by atoms with E-state index in [9.17, 15) is 24.0 Å². The number of carbonyl (C=O) groups is 5. The molecule has 2 aliphatic rings. The summed E-state index contributed by atoms with van der Waals surface area (Å²) in [7, 11) is 0. The lowest BCUT2D eigenvalue weighted by atomic mass is 9.96. The SMILES string of the molecule is CC(=O)N[C@H]1[C@H](O/N=C2/C(=O)N(CCOc3cccc(C)c3)c3ccccc32)O[C@H](COC(C)=O)[C@@H](OC(C)=O)[C@@H]1OC(C)=O. The third kappa shape index (κ3) is 8.35. The number of aryl methyl sites for hydroxylation is 1. The Morgan fingerprint density at radius 1 is 0.933 bits per heavy atom. The molecule has 0 aromatic heterocycles. The van der Waals surface area contributed by atoms with Gasteiger partial charge in [0.05, 0.1) is 12.2 Å². The van der Waals surface area contributed by atoms with Gasteiger partial charge in [0.2, 0.25) is 5.91 Å². The summed E-state index contributed by atoms with van der Waals surface area (Å²) in [4.78, 5) is 68.7. The van der Waals surface area contributed by atoms with Gasteiger partial charge < -0.3 is 38.7 Å². The van der Waals surface area contributed by atoms with E-state index in [2.05, 4.69) is 10.5 Å². The number of nitrogens with zero attached hydrogens (tertiary/aromatic N) is 2. The number of para-hydroxylation sites is 1. The van der Waals surface area contributed by atoms with E-state index in [1.165, 1.54) is 18.7 Å². The van der Waals surface area contributed by atoms with Gasteiger partial charge in [0.25, 0.3) is 12.2 Å². The van der Waals surface area contributed by atoms with Crippen LogP contribution in [-0.4, -0.2) is 85.8 Å². The van der Waals surface area contributed by atoms with Crippen molar-refractivity contribution in [3.8, 4) is 5.75 Å². The lowest BCUT2D eigenvalue weighted by Gasteiger charge is -2.43. The van der Waals surface area contributed by atoms with Crippen molar-refractivity contribution in [2.45, 2.75) is 65.3 Å². The molecule has 0 spiro atoms. The van der Waals surface area contributed by atoms with Crippen LogP contribution in [0.5, 0.6) is 5.75 Å². The fraction of sp³-hybridized carbons (Fsp3) is 0.419. The minimum atomic E-state index is -1.48. The van der Waals surface area contributed by atoms with Gasteiger partial charge in [-0.15, -0.1) is 0 Å². The predicted octanol–water partition coefficient (Wildman–Crippen LogP) is 1.80. The van der Waals surface area contributed by atoms with E-state index in [1.807, 2.05) is 31.2 Å². The zero-order chi connectivity index (χ0) is 32.7. The Hall–Kier alpha value is -4.98. The van der Waals surface area contributed by atoms with Gasteiger partial charge in [-0.3, -0.25) is 24.0 Å². The van der Waals surface area contributed by atoms with Gasteiger partial charge in [-0.05, 0) is 30.7 Å². The summed E-state index contributed by atoms with van der Waals surface area (Å²) < 4.78 is 27.8. The number of esters is 3. The fourth-order valence-corrected chi connectivity index (χ4v) is 5.02. The first-order valence-corrected chi connectivity index (χ1v) is 14.2. The van der Waals surface area contributed by atoms with Crippen LogP contribution in [0.2, 0.25) is 0 Å². The smallest absolute Gasteiger partial charge is 0.303 e. The van der Waals surface area contributed by atoms with Crippen molar-refractivity contribution in [2.24, 2.45) is 5.16 Å². The zero-order valence-electron chi connectivity index (χ0n) is 25.5. The first-order chi connectivity index (χ1) is 21.4. The lowest BCUT2D eigenvalue weighted by molar-refractivity contribution is -0.278. The number of amides is 2. The van der Waals surface area contributed by atoms with Crippen molar-refractivity contribution in [3.05, 3.63) is 59.7 Å². The number of anilines is 1. The lowest BCUT2D eigenvalue weighted by Crippen LogP contribution is -2.66. The number of hydrogen-bond acceptors (Lipinski definition) is 12. The van der Waals surface area contributed by atoms with Crippen LogP contribution in [0.3, 0.4) is 0 Å². The third-order valence-electron chi connectivity index (χ3n) is 6.79. The fourth-order valence-electron chi connectivity index (χ4n) is 5.02.